The van der Waals surface area contributed by atoms with E-state index in [4.69, 9.17) is 0 Å². The summed E-state index contributed by atoms with van der Waals surface area (Å²) in [7, 11) is 0. The molecule has 0 spiro atoms. The summed E-state index contributed by atoms with van der Waals surface area (Å²) in [4.78, 5) is 11.8. The van der Waals surface area contributed by atoms with Gasteiger partial charge in [-0.3, -0.25) is 4.79 Å². The fraction of sp³-hybridized carbons (Fsp3) is 0.308. The van der Waals surface area contributed by atoms with Crippen LogP contribution in [0.5, 0.6) is 0 Å². The van der Waals surface area contributed by atoms with E-state index in [1.807, 2.05) is 18.2 Å². The van der Waals surface area contributed by atoms with Crippen LogP contribution in [0.1, 0.15) is 29.6 Å². The highest BCUT2D eigenvalue weighted by atomic mass is 16.3. The smallest absolute Gasteiger partial charge is 0.185 e. The molecule has 0 saturated heterocycles. The van der Waals surface area contributed by atoms with Crippen LogP contribution in [0.25, 0.3) is 0 Å². The molecule has 1 saturated carbocycles. The molecule has 1 aromatic rings. The molecule has 0 bridgehead atoms. The highest BCUT2D eigenvalue weighted by Gasteiger charge is 2.18. The van der Waals surface area contributed by atoms with Gasteiger partial charge in [-0.1, -0.05) is 30.3 Å². The van der Waals surface area contributed by atoms with Gasteiger partial charge in [0.25, 0.3) is 0 Å². The maximum atomic E-state index is 11.8. The molecule has 15 heavy (non-hydrogen) atoms. The second-order valence-electron chi connectivity index (χ2n) is 3.86. The predicted octanol–water partition coefficient (Wildman–Crippen LogP) is 2.34. The van der Waals surface area contributed by atoms with Gasteiger partial charge in [-0.05, 0) is 30.9 Å². The fourth-order valence-electron chi connectivity index (χ4n) is 1.87. The van der Waals surface area contributed by atoms with E-state index in [0.717, 1.165) is 24.8 Å². The zero-order valence-corrected chi connectivity index (χ0v) is 8.52. The van der Waals surface area contributed by atoms with E-state index >= 15 is 0 Å². The molecule has 2 nitrogen and oxygen atoms in total. The molecule has 0 radical (unpaired) electrons. The minimum atomic E-state index is -0.405. The minimum absolute atomic E-state index is 0.00782. The van der Waals surface area contributed by atoms with Gasteiger partial charge in [0.15, 0.2) is 5.78 Å². The van der Waals surface area contributed by atoms with Crippen molar-refractivity contribution in [2.75, 3.05) is 0 Å². The van der Waals surface area contributed by atoms with E-state index in [9.17, 15) is 9.90 Å². The average molecular weight is 202 g/mol. The molecule has 1 fully saturated rings. The van der Waals surface area contributed by atoms with Crippen LogP contribution >= 0.6 is 0 Å². The van der Waals surface area contributed by atoms with Gasteiger partial charge in [-0.25, -0.2) is 0 Å². The summed E-state index contributed by atoms with van der Waals surface area (Å²) in [5, 5.41) is 9.56. The maximum absolute atomic E-state index is 11.8. The molecule has 1 aromatic carbocycles. The molecule has 2 rings (SSSR count). The van der Waals surface area contributed by atoms with Crippen LogP contribution in [0, 0.1) is 0 Å². The number of allylic oxidation sites excluding steroid dienone is 1. The Balaban J connectivity index is 2.16. The highest BCUT2D eigenvalue weighted by molar-refractivity contribution is 6.04. The molecule has 0 heterocycles. The van der Waals surface area contributed by atoms with Gasteiger partial charge in [0, 0.05) is 5.56 Å². The fourth-order valence-corrected chi connectivity index (χ4v) is 1.87. The Morgan fingerprint density at radius 1 is 1.33 bits per heavy atom. The molecule has 1 unspecified atom stereocenters. The van der Waals surface area contributed by atoms with Gasteiger partial charge in [0.2, 0.25) is 0 Å². The molecular weight excluding hydrogens is 188 g/mol. The standard InChI is InChI=1S/C13H14O2/c14-12-8-4-7-11(12)9-13(15)10-5-2-1-3-6-10/h1-3,5-6,9,12,14H,4,7-8H2/b11-9+. The number of aliphatic hydroxyl groups excluding tert-OH is 1. The zero-order valence-electron chi connectivity index (χ0n) is 8.52. The number of aliphatic hydroxyl groups is 1. The van der Waals surface area contributed by atoms with Gasteiger partial charge in [0.05, 0.1) is 6.10 Å². The second kappa shape index (κ2) is 4.41. The van der Waals surface area contributed by atoms with Crippen LogP contribution in [0.15, 0.2) is 42.0 Å². The minimum Gasteiger partial charge on any atom is -0.389 e. The van der Waals surface area contributed by atoms with Crippen molar-refractivity contribution in [2.24, 2.45) is 0 Å². The van der Waals surface area contributed by atoms with Crippen molar-refractivity contribution in [3.63, 3.8) is 0 Å². The Labute approximate surface area is 89.2 Å². The van der Waals surface area contributed by atoms with Crippen LogP contribution in [-0.4, -0.2) is 17.0 Å². The molecule has 0 aromatic heterocycles. The van der Waals surface area contributed by atoms with Crippen LogP contribution in [0.4, 0.5) is 0 Å². The third-order valence-electron chi connectivity index (χ3n) is 2.75. The summed E-state index contributed by atoms with van der Waals surface area (Å²) in [5.74, 6) is -0.00782. The first-order valence-corrected chi connectivity index (χ1v) is 5.25. The number of hydrogen-bond donors (Lipinski definition) is 1. The van der Waals surface area contributed by atoms with Gasteiger partial charge in [-0.2, -0.15) is 0 Å². The first kappa shape index (κ1) is 10.1. The SMILES string of the molecule is O=C(/C=C1\CCCC1O)c1ccccc1. The predicted molar refractivity (Wildman–Crippen MR) is 58.7 cm³/mol. The van der Waals surface area contributed by atoms with Crippen LogP contribution in [-0.2, 0) is 0 Å². The number of benzene rings is 1. The largest absolute Gasteiger partial charge is 0.389 e. The lowest BCUT2D eigenvalue weighted by molar-refractivity contribution is 0.104. The molecule has 1 aliphatic carbocycles. The number of carbonyl (C=O) groups excluding carboxylic acids is 1. The van der Waals surface area contributed by atoms with E-state index in [2.05, 4.69) is 0 Å². The first-order chi connectivity index (χ1) is 7.27. The lowest BCUT2D eigenvalue weighted by atomic mass is 10.1. The number of ketones is 1. The molecule has 1 N–H and O–H groups in total. The highest BCUT2D eigenvalue weighted by Crippen LogP contribution is 2.24. The van der Waals surface area contributed by atoms with Crippen LogP contribution < -0.4 is 0 Å². The number of rotatable bonds is 2. The van der Waals surface area contributed by atoms with Crippen LogP contribution in [0.2, 0.25) is 0 Å². The third-order valence-corrected chi connectivity index (χ3v) is 2.75. The van der Waals surface area contributed by atoms with Gasteiger partial charge >= 0.3 is 0 Å². The second-order valence-corrected chi connectivity index (χ2v) is 3.86. The summed E-state index contributed by atoms with van der Waals surface area (Å²) >= 11 is 0. The molecule has 1 aliphatic rings. The summed E-state index contributed by atoms with van der Waals surface area (Å²) in [6.07, 6.45) is 3.80. The molecule has 0 amide bonds. The summed E-state index contributed by atoms with van der Waals surface area (Å²) < 4.78 is 0. The van der Waals surface area contributed by atoms with Gasteiger partial charge < -0.3 is 5.11 Å². The Kier molecular flexibility index (Phi) is 2.97. The van der Waals surface area contributed by atoms with Crippen molar-refractivity contribution in [1.29, 1.82) is 0 Å². The molecular formula is C13H14O2. The summed E-state index contributed by atoms with van der Waals surface area (Å²) in [6, 6.07) is 9.16. The number of carbonyl (C=O) groups is 1. The quantitative estimate of drug-likeness (QED) is 0.590. The van der Waals surface area contributed by atoms with Crippen molar-refractivity contribution >= 4 is 5.78 Å². The van der Waals surface area contributed by atoms with Crippen molar-refractivity contribution in [3.8, 4) is 0 Å². The third kappa shape index (κ3) is 2.34. The van der Waals surface area contributed by atoms with Gasteiger partial charge in [-0.15, -0.1) is 0 Å². The van der Waals surface area contributed by atoms with E-state index in [1.165, 1.54) is 0 Å². The lowest BCUT2D eigenvalue weighted by Crippen LogP contribution is -2.04. The van der Waals surface area contributed by atoms with Crippen molar-refractivity contribution in [1.82, 2.24) is 0 Å². The van der Waals surface area contributed by atoms with E-state index < -0.39 is 6.10 Å². The Morgan fingerprint density at radius 3 is 2.67 bits per heavy atom. The Bertz CT molecular complexity index is 379. The van der Waals surface area contributed by atoms with Crippen molar-refractivity contribution in [3.05, 3.63) is 47.5 Å². The summed E-state index contributed by atoms with van der Waals surface area (Å²) in [6.45, 7) is 0. The maximum Gasteiger partial charge on any atom is 0.185 e. The monoisotopic (exact) mass is 202 g/mol. The topological polar surface area (TPSA) is 37.3 Å². The average Bonchev–Trinajstić information content (AvgIpc) is 2.66. The van der Waals surface area contributed by atoms with E-state index in [1.54, 1.807) is 18.2 Å². The van der Waals surface area contributed by atoms with E-state index in [-0.39, 0.29) is 5.78 Å². The molecule has 78 valence electrons. The summed E-state index contributed by atoms with van der Waals surface area (Å²) in [5.41, 5.74) is 1.56. The molecule has 2 heteroatoms. The zero-order chi connectivity index (χ0) is 10.7. The lowest BCUT2D eigenvalue weighted by Gasteiger charge is -2.02. The van der Waals surface area contributed by atoms with E-state index in [0.29, 0.717) is 5.56 Å². The molecule has 1 atom stereocenters. The normalized spacial score (nSPS) is 23.3. The Morgan fingerprint density at radius 2 is 2.07 bits per heavy atom. The van der Waals surface area contributed by atoms with Crippen molar-refractivity contribution < 1.29 is 9.90 Å². The molecule has 0 aliphatic heterocycles. The Hall–Kier alpha value is -1.41. The first-order valence-electron chi connectivity index (χ1n) is 5.25. The van der Waals surface area contributed by atoms with Crippen molar-refractivity contribution in [2.45, 2.75) is 25.4 Å². The number of hydrogen-bond acceptors (Lipinski definition) is 2. The van der Waals surface area contributed by atoms with Gasteiger partial charge in [0.1, 0.15) is 0 Å². The van der Waals surface area contributed by atoms with Crippen LogP contribution in [0.3, 0.4) is 0 Å².